The highest BCUT2D eigenvalue weighted by atomic mass is 32.2. The first-order chi connectivity index (χ1) is 19.7. The normalized spacial score (nSPS) is 21.3. The second-order valence-electron chi connectivity index (χ2n) is 11.8. The number of hydrogen-bond donors (Lipinski definition) is 1. The van der Waals surface area contributed by atoms with Crippen molar-refractivity contribution in [2.45, 2.75) is 33.2 Å². The second-order valence-corrected chi connectivity index (χ2v) is 14.1. The smallest absolute Gasteiger partial charge is 0.258 e. The molecule has 1 atom stereocenters. The quantitative estimate of drug-likeness (QED) is 0.358. The van der Waals surface area contributed by atoms with Gasteiger partial charge in [0.1, 0.15) is 0 Å². The Bertz CT molecular complexity index is 1800. The molecule has 2 bridgehead atoms. The van der Waals surface area contributed by atoms with Crippen LogP contribution in [0.4, 0.5) is 11.6 Å². The Hall–Kier alpha value is -3.77. The first-order valence-corrected chi connectivity index (χ1v) is 15.8. The Morgan fingerprint density at radius 1 is 1.17 bits per heavy atom. The van der Waals surface area contributed by atoms with Gasteiger partial charge >= 0.3 is 0 Å². The van der Waals surface area contributed by atoms with Crippen molar-refractivity contribution >= 4 is 38.3 Å². The zero-order chi connectivity index (χ0) is 28.4. The van der Waals surface area contributed by atoms with Gasteiger partial charge in [-0.3, -0.25) is 15.1 Å². The van der Waals surface area contributed by atoms with Crippen molar-refractivity contribution in [3.63, 3.8) is 0 Å². The summed E-state index contributed by atoms with van der Waals surface area (Å²) in [5.41, 5.74) is 4.88. The van der Waals surface area contributed by atoms with Gasteiger partial charge in [0.05, 0.1) is 63.7 Å². The summed E-state index contributed by atoms with van der Waals surface area (Å²) in [6.45, 7) is 6.58. The number of carbonyl (C=O) groups excluding carboxylic acids is 1. The lowest BCUT2D eigenvalue weighted by molar-refractivity contribution is -0.0922. The lowest BCUT2D eigenvalue weighted by Gasteiger charge is -2.49. The van der Waals surface area contributed by atoms with Crippen LogP contribution < -0.4 is 10.1 Å². The molecule has 0 unspecified atom stereocenters. The number of amides is 1. The van der Waals surface area contributed by atoms with E-state index in [4.69, 9.17) is 14.5 Å². The molecule has 2 saturated heterocycles. The topological polar surface area (TPSA) is 126 Å². The lowest BCUT2D eigenvalue weighted by atomic mass is 9.90. The predicted octanol–water partition coefficient (Wildman–Crippen LogP) is 4.33. The third-order valence-electron chi connectivity index (χ3n) is 8.06. The van der Waals surface area contributed by atoms with Crippen molar-refractivity contribution in [3.8, 4) is 17.1 Å². The van der Waals surface area contributed by atoms with Crippen LogP contribution in [-0.4, -0.2) is 65.8 Å². The standard InChI is InChI=1S/C29H33N7O4S/c1-18-5-4-8-40-27-22(12-30-35(27)3)24-10-20(9-19(2)31-24)26(37)33-28-32-23-7-6-21(11-25(23)36(28)13-18)34-41(38)16-29(17-41)14-39-15-29/h6-7,9-12,18H,4-5,8,13-17H2,1-3H3,(H,32,33,37)/t18-/m1/s1. The highest BCUT2D eigenvalue weighted by molar-refractivity contribution is 7.95. The van der Waals surface area contributed by atoms with E-state index >= 15 is 0 Å². The van der Waals surface area contributed by atoms with Crippen LogP contribution in [0.1, 0.15) is 35.8 Å². The maximum atomic E-state index is 13.6. The summed E-state index contributed by atoms with van der Waals surface area (Å²) in [4.78, 5) is 23.1. The molecule has 2 fully saturated rings. The van der Waals surface area contributed by atoms with Crippen LogP contribution in [0.15, 0.2) is 40.9 Å². The van der Waals surface area contributed by atoms with Crippen molar-refractivity contribution in [2.24, 2.45) is 22.7 Å². The van der Waals surface area contributed by atoms with E-state index in [2.05, 4.69) is 26.7 Å². The summed E-state index contributed by atoms with van der Waals surface area (Å²) in [6.07, 6.45) is 3.48. The Morgan fingerprint density at radius 3 is 2.78 bits per heavy atom. The summed E-state index contributed by atoms with van der Waals surface area (Å²) in [5, 5.41) is 7.42. The SMILES string of the molecule is Cc1cc2cc(n1)-c1cnn(C)c1OCCC[C@@H](C)Cn1c(nc3ccc(N=S4(=O)CC5(COC5)C4)cc31)NC2=O. The number of fused-ring (bicyclic) bond motifs is 7. The van der Waals surface area contributed by atoms with Crippen LogP contribution in [0.25, 0.3) is 22.3 Å². The van der Waals surface area contributed by atoms with E-state index in [0.29, 0.717) is 72.3 Å². The number of aryl methyl sites for hydroxylation is 2. The molecule has 1 N–H and O–H groups in total. The molecule has 1 spiro atoms. The largest absolute Gasteiger partial charge is 0.477 e. The number of hydrogen-bond acceptors (Lipinski definition) is 8. The Kier molecular flexibility index (Phi) is 6.16. The molecule has 11 nitrogen and oxygen atoms in total. The van der Waals surface area contributed by atoms with Gasteiger partial charge in [-0.15, -0.1) is 0 Å². The Balaban J connectivity index is 1.27. The van der Waals surface area contributed by atoms with E-state index in [-0.39, 0.29) is 17.2 Å². The van der Waals surface area contributed by atoms with Crippen molar-refractivity contribution in [2.75, 3.05) is 36.6 Å². The van der Waals surface area contributed by atoms with Gasteiger partial charge in [-0.25, -0.2) is 13.9 Å². The minimum atomic E-state index is -2.28. The van der Waals surface area contributed by atoms with Crippen molar-refractivity contribution in [1.82, 2.24) is 24.3 Å². The number of carbonyl (C=O) groups is 1. The van der Waals surface area contributed by atoms with Crippen molar-refractivity contribution < 1.29 is 18.5 Å². The Labute approximate surface area is 238 Å². The second kappa shape index (κ2) is 9.66. The average Bonchev–Trinajstić information content (AvgIpc) is 3.42. The lowest BCUT2D eigenvalue weighted by Crippen LogP contribution is -2.60. The van der Waals surface area contributed by atoms with Crippen LogP contribution in [0, 0.1) is 18.3 Å². The highest BCUT2D eigenvalue weighted by Crippen LogP contribution is 2.42. The van der Waals surface area contributed by atoms with E-state index in [9.17, 15) is 9.00 Å². The zero-order valence-corrected chi connectivity index (χ0v) is 24.2. The monoisotopic (exact) mass is 575 g/mol. The number of rotatable bonds is 1. The molecule has 0 radical (unpaired) electrons. The summed E-state index contributed by atoms with van der Waals surface area (Å²) in [7, 11) is -0.444. The third kappa shape index (κ3) is 4.78. The van der Waals surface area contributed by atoms with Gasteiger partial charge in [-0.2, -0.15) is 9.46 Å². The van der Waals surface area contributed by atoms with Gasteiger partial charge in [0.15, 0.2) is 0 Å². The molecule has 6 heterocycles. The molecular formula is C29H33N7O4S. The van der Waals surface area contributed by atoms with E-state index in [1.807, 2.05) is 36.7 Å². The van der Waals surface area contributed by atoms with Gasteiger partial charge in [0, 0.05) is 41.8 Å². The number of benzene rings is 1. The van der Waals surface area contributed by atoms with Gasteiger partial charge in [-0.05, 0) is 56.0 Å². The fraction of sp³-hybridized carbons (Fsp3) is 0.448. The molecule has 7 rings (SSSR count). The summed E-state index contributed by atoms with van der Waals surface area (Å²) < 4.78 is 33.2. The Morgan fingerprint density at radius 2 is 2.00 bits per heavy atom. The van der Waals surface area contributed by atoms with Crippen LogP contribution in [0.2, 0.25) is 0 Å². The van der Waals surface area contributed by atoms with Crippen molar-refractivity contribution in [1.29, 1.82) is 0 Å². The summed E-state index contributed by atoms with van der Waals surface area (Å²) in [5.74, 6) is 2.27. The number of anilines is 1. The fourth-order valence-corrected chi connectivity index (χ4v) is 8.85. The van der Waals surface area contributed by atoms with E-state index in [1.165, 1.54) is 0 Å². The molecule has 12 heteroatoms. The number of nitrogens with one attached hydrogen (secondary N) is 1. The molecule has 3 aliphatic heterocycles. The summed E-state index contributed by atoms with van der Waals surface area (Å²) in [6, 6.07) is 9.20. The number of aromatic nitrogens is 5. The fourth-order valence-electron chi connectivity index (χ4n) is 6.06. The molecule has 3 aliphatic rings. The van der Waals surface area contributed by atoms with Crippen LogP contribution in [-0.2, 0) is 28.1 Å². The average molecular weight is 576 g/mol. The van der Waals surface area contributed by atoms with Crippen LogP contribution >= 0.6 is 0 Å². The molecule has 0 saturated carbocycles. The first kappa shape index (κ1) is 26.1. The predicted molar refractivity (Wildman–Crippen MR) is 156 cm³/mol. The molecule has 41 heavy (non-hydrogen) atoms. The number of nitrogens with zero attached hydrogens (tertiary/aromatic N) is 6. The molecule has 1 aromatic carbocycles. The van der Waals surface area contributed by atoms with E-state index in [1.54, 1.807) is 23.0 Å². The van der Waals surface area contributed by atoms with Gasteiger partial charge in [0.25, 0.3) is 5.91 Å². The molecule has 214 valence electrons. The van der Waals surface area contributed by atoms with Gasteiger partial charge in [-0.1, -0.05) is 6.92 Å². The molecule has 0 aliphatic carbocycles. The third-order valence-corrected chi connectivity index (χ3v) is 10.7. The van der Waals surface area contributed by atoms with Crippen LogP contribution in [0.5, 0.6) is 5.88 Å². The van der Waals surface area contributed by atoms with Gasteiger partial charge in [0.2, 0.25) is 11.8 Å². The van der Waals surface area contributed by atoms with Crippen molar-refractivity contribution in [3.05, 3.63) is 47.8 Å². The number of pyridine rings is 1. The highest BCUT2D eigenvalue weighted by Gasteiger charge is 2.52. The van der Waals surface area contributed by atoms with E-state index < -0.39 is 9.73 Å². The molecule has 4 aromatic rings. The maximum Gasteiger partial charge on any atom is 0.258 e. The number of ether oxygens (including phenoxy) is 2. The number of imidazole rings is 1. The molecule has 1 amide bonds. The minimum absolute atomic E-state index is 0.0631. The van der Waals surface area contributed by atoms with E-state index in [0.717, 1.165) is 29.4 Å². The van der Waals surface area contributed by atoms with Crippen LogP contribution in [0.3, 0.4) is 0 Å². The minimum Gasteiger partial charge on any atom is -0.477 e. The zero-order valence-electron chi connectivity index (χ0n) is 23.4. The maximum absolute atomic E-state index is 13.6. The first-order valence-electron chi connectivity index (χ1n) is 14.0. The van der Waals surface area contributed by atoms with Gasteiger partial charge < -0.3 is 14.0 Å². The summed E-state index contributed by atoms with van der Waals surface area (Å²) >= 11 is 0. The molecule has 3 aromatic heterocycles. The molecular weight excluding hydrogens is 542 g/mol.